The Kier molecular flexibility index (Phi) is 6.41. The van der Waals surface area contributed by atoms with Crippen molar-refractivity contribution in [3.8, 4) is 5.75 Å². The van der Waals surface area contributed by atoms with E-state index in [2.05, 4.69) is 5.32 Å². The molecule has 1 unspecified atom stereocenters. The van der Waals surface area contributed by atoms with Gasteiger partial charge in [-0.25, -0.2) is 4.39 Å². The maximum Gasteiger partial charge on any atom is 0.260 e. The van der Waals surface area contributed by atoms with Gasteiger partial charge in [0.25, 0.3) is 5.91 Å². The van der Waals surface area contributed by atoms with Crippen molar-refractivity contribution < 1.29 is 18.7 Å². The molecule has 1 aromatic rings. The van der Waals surface area contributed by atoms with Crippen molar-refractivity contribution in [3.63, 3.8) is 0 Å². The van der Waals surface area contributed by atoms with Gasteiger partial charge in [-0.3, -0.25) is 4.79 Å². The summed E-state index contributed by atoms with van der Waals surface area (Å²) in [6, 6.07) is 4.22. The number of benzene rings is 1. The monoisotopic (exact) mass is 284 g/mol. The van der Waals surface area contributed by atoms with Gasteiger partial charge in [0.15, 0.2) is 17.7 Å². The van der Waals surface area contributed by atoms with E-state index in [1.807, 2.05) is 0 Å². The summed E-state index contributed by atoms with van der Waals surface area (Å²) in [5.74, 6) is -0.821. The molecule has 20 heavy (non-hydrogen) atoms. The Bertz CT molecular complexity index is 452. The highest BCUT2D eigenvalue weighted by Gasteiger charge is 2.16. The number of nitrogens with two attached hydrogens (primary N) is 1. The van der Waals surface area contributed by atoms with Crippen molar-refractivity contribution in [1.82, 2.24) is 5.32 Å². The molecule has 0 saturated heterocycles. The second-order valence-electron chi connectivity index (χ2n) is 4.52. The highest BCUT2D eigenvalue weighted by molar-refractivity contribution is 5.80. The summed E-state index contributed by atoms with van der Waals surface area (Å²) >= 11 is 0. The molecule has 0 radical (unpaired) electrons. The summed E-state index contributed by atoms with van der Waals surface area (Å²) in [5, 5.41) is 2.62. The second kappa shape index (κ2) is 7.81. The fraction of sp³-hybridized carbons (Fsp3) is 0.500. The van der Waals surface area contributed by atoms with Crippen LogP contribution in [0.4, 0.5) is 4.39 Å². The van der Waals surface area contributed by atoms with Crippen LogP contribution in [0.3, 0.4) is 0 Å². The van der Waals surface area contributed by atoms with Gasteiger partial charge < -0.3 is 20.5 Å². The van der Waals surface area contributed by atoms with Crippen molar-refractivity contribution in [2.45, 2.75) is 26.0 Å². The Labute approximate surface area is 118 Å². The summed E-state index contributed by atoms with van der Waals surface area (Å²) < 4.78 is 23.9. The van der Waals surface area contributed by atoms with Crippen LogP contribution in [-0.4, -0.2) is 32.3 Å². The van der Waals surface area contributed by atoms with E-state index in [4.69, 9.17) is 15.2 Å². The Morgan fingerprint density at radius 1 is 1.45 bits per heavy atom. The molecule has 1 rings (SSSR count). The number of nitrogens with one attached hydrogen (secondary N) is 1. The lowest BCUT2D eigenvalue weighted by Gasteiger charge is -2.16. The number of amides is 1. The average molecular weight is 284 g/mol. The lowest BCUT2D eigenvalue weighted by Crippen LogP contribution is -2.38. The first-order valence-electron chi connectivity index (χ1n) is 6.44. The van der Waals surface area contributed by atoms with Gasteiger partial charge in [0, 0.05) is 19.7 Å². The van der Waals surface area contributed by atoms with E-state index < -0.39 is 11.9 Å². The van der Waals surface area contributed by atoms with E-state index in [1.165, 1.54) is 12.1 Å². The van der Waals surface area contributed by atoms with Crippen LogP contribution in [0, 0.1) is 5.82 Å². The number of carbonyl (C=O) groups excluding carboxylic acids is 1. The van der Waals surface area contributed by atoms with E-state index in [9.17, 15) is 9.18 Å². The van der Waals surface area contributed by atoms with Gasteiger partial charge in [-0.2, -0.15) is 0 Å². The highest BCUT2D eigenvalue weighted by atomic mass is 19.1. The SMILES string of the molecule is COCCNC(=O)C(C)Oc1ccc([C@H](C)N)cc1F. The van der Waals surface area contributed by atoms with Crippen LogP contribution in [-0.2, 0) is 9.53 Å². The molecule has 0 aromatic heterocycles. The fourth-order valence-corrected chi connectivity index (χ4v) is 1.56. The maximum absolute atomic E-state index is 13.8. The number of methoxy groups -OCH3 is 1. The molecule has 0 aliphatic carbocycles. The van der Waals surface area contributed by atoms with E-state index in [-0.39, 0.29) is 17.7 Å². The average Bonchev–Trinajstić information content (AvgIpc) is 2.40. The molecule has 0 aliphatic heterocycles. The van der Waals surface area contributed by atoms with Crippen LogP contribution in [0.2, 0.25) is 0 Å². The number of hydrogen-bond acceptors (Lipinski definition) is 4. The number of carbonyl (C=O) groups is 1. The molecule has 0 fully saturated rings. The van der Waals surface area contributed by atoms with Gasteiger partial charge in [-0.05, 0) is 31.5 Å². The molecular formula is C14H21FN2O3. The van der Waals surface area contributed by atoms with E-state index in [0.717, 1.165) is 0 Å². The topological polar surface area (TPSA) is 73.6 Å². The van der Waals surface area contributed by atoms with Gasteiger partial charge in [0.2, 0.25) is 0 Å². The molecule has 0 spiro atoms. The van der Waals surface area contributed by atoms with Crippen molar-refractivity contribution in [3.05, 3.63) is 29.6 Å². The number of halogens is 1. The zero-order chi connectivity index (χ0) is 15.1. The minimum Gasteiger partial charge on any atom is -0.478 e. The third-order valence-corrected chi connectivity index (χ3v) is 2.76. The van der Waals surface area contributed by atoms with Crippen LogP contribution in [0.25, 0.3) is 0 Å². The molecule has 0 bridgehead atoms. The summed E-state index contributed by atoms with van der Waals surface area (Å²) in [4.78, 5) is 11.7. The number of hydrogen-bond donors (Lipinski definition) is 2. The summed E-state index contributed by atoms with van der Waals surface area (Å²) in [6.07, 6.45) is -0.789. The second-order valence-corrected chi connectivity index (χ2v) is 4.52. The quantitative estimate of drug-likeness (QED) is 0.742. The minimum atomic E-state index is -0.789. The van der Waals surface area contributed by atoms with Crippen LogP contribution < -0.4 is 15.8 Å². The van der Waals surface area contributed by atoms with E-state index >= 15 is 0 Å². The molecule has 3 N–H and O–H groups in total. The zero-order valence-electron chi connectivity index (χ0n) is 12.0. The third kappa shape index (κ3) is 4.79. The first-order valence-corrected chi connectivity index (χ1v) is 6.44. The van der Waals surface area contributed by atoms with Gasteiger partial charge >= 0.3 is 0 Å². The summed E-state index contributed by atoms with van der Waals surface area (Å²) in [5.41, 5.74) is 6.34. The van der Waals surface area contributed by atoms with E-state index in [1.54, 1.807) is 27.0 Å². The third-order valence-electron chi connectivity index (χ3n) is 2.76. The Balaban J connectivity index is 2.61. The largest absolute Gasteiger partial charge is 0.478 e. The smallest absolute Gasteiger partial charge is 0.260 e. The van der Waals surface area contributed by atoms with Crippen LogP contribution >= 0.6 is 0 Å². The molecule has 0 saturated carbocycles. The summed E-state index contributed by atoms with van der Waals surface area (Å²) in [7, 11) is 1.54. The van der Waals surface area contributed by atoms with Crippen molar-refractivity contribution in [2.75, 3.05) is 20.3 Å². The summed E-state index contributed by atoms with van der Waals surface area (Å²) in [6.45, 7) is 4.12. The Hall–Kier alpha value is -1.66. The van der Waals surface area contributed by atoms with Gasteiger partial charge in [-0.1, -0.05) is 6.07 Å². The standard InChI is InChI=1S/C14H21FN2O3/c1-9(16)11-4-5-13(12(15)8-11)20-10(2)14(18)17-6-7-19-3/h4-5,8-10H,6-7,16H2,1-3H3,(H,17,18)/t9-,10?/m0/s1. The predicted molar refractivity (Wildman–Crippen MR) is 74.0 cm³/mol. The Morgan fingerprint density at radius 3 is 2.70 bits per heavy atom. The zero-order valence-corrected chi connectivity index (χ0v) is 12.0. The fourth-order valence-electron chi connectivity index (χ4n) is 1.56. The van der Waals surface area contributed by atoms with Gasteiger partial charge in [0.1, 0.15) is 0 Å². The predicted octanol–water partition coefficient (Wildman–Crippen LogP) is 1.38. The van der Waals surface area contributed by atoms with Crippen LogP contribution in [0.5, 0.6) is 5.75 Å². The molecule has 0 aliphatic rings. The normalized spacial score (nSPS) is 13.7. The van der Waals surface area contributed by atoms with Crippen molar-refractivity contribution in [1.29, 1.82) is 0 Å². The molecule has 0 heterocycles. The van der Waals surface area contributed by atoms with Crippen LogP contribution in [0.15, 0.2) is 18.2 Å². The minimum absolute atomic E-state index is 0.0313. The molecule has 1 amide bonds. The molecule has 5 nitrogen and oxygen atoms in total. The molecule has 1 aromatic carbocycles. The van der Waals surface area contributed by atoms with Gasteiger partial charge in [0.05, 0.1) is 6.61 Å². The first-order chi connectivity index (χ1) is 9.45. The number of ether oxygens (including phenoxy) is 2. The maximum atomic E-state index is 13.8. The molecule has 112 valence electrons. The van der Waals surface area contributed by atoms with Crippen molar-refractivity contribution >= 4 is 5.91 Å². The Morgan fingerprint density at radius 2 is 2.15 bits per heavy atom. The molecule has 2 atom stereocenters. The first kappa shape index (κ1) is 16.4. The van der Waals surface area contributed by atoms with E-state index in [0.29, 0.717) is 18.7 Å². The molecular weight excluding hydrogens is 263 g/mol. The lowest BCUT2D eigenvalue weighted by molar-refractivity contribution is -0.127. The van der Waals surface area contributed by atoms with Crippen molar-refractivity contribution in [2.24, 2.45) is 5.73 Å². The van der Waals surface area contributed by atoms with Gasteiger partial charge in [-0.15, -0.1) is 0 Å². The lowest BCUT2D eigenvalue weighted by atomic mass is 10.1. The van der Waals surface area contributed by atoms with Crippen LogP contribution in [0.1, 0.15) is 25.5 Å². The molecule has 6 heteroatoms. The highest BCUT2D eigenvalue weighted by Crippen LogP contribution is 2.22. The number of rotatable bonds is 7.